The Hall–Kier alpha value is -1.49. The van der Waals surface area contributed by atoms with E-state index in [0.29, 0.717) is 0 Å². The summed E-state index contributed by atoms with van der Waals surface area (Å²) < 4.78 is 0. The van der Waals surface area contributed by atoms with E-state index in [0.717, 1.165) is 25.9 Å². The lowest BCUT2D eigenvalue weighted by molar-refractivity contribution is 0.493. The van der Waals surface area contributed by atoms with Crippen molar-refractivity contribution in [1.82, 2.24) is 0 Å². The summed E-state index contributed by atoms with van der Waals surface area (Å²) in [5.41, 5.74) is 1.24. The van der Waals surface area contributed by atoms with Crippen molar-refractivity contribution in [2.45, 2.75) is 12.8 Å². The maximum absolute atomic E-state index is 8.88. The van der Waals surface area contributed by atoms with Crippen molar-refractivity contribution < 1.29 is 0 Å². The summed E-state index contributed by atoms with van der Waals surface area (Å²) in [5.74, 6) is 0.212. The smallest absolute Gasteiger partial charge is 0.0674 e. The zero-order valence-corrected chi connectivity index (χ0v) is 8.19. The summed E-state index contributed by atoms with van der Waals surface area (Å²) in [7, 11) is 0. The van der Waals surface area contributed by atoms with Gasteiger partial charge in [-0.05, 0) is 25.0 Å². The average molecular weight is 186 g/mol. The third-order valence-electron chi connectivity index (χ3n) is 2.73. The second-order valence-electron chi connectivity index (χ2n) is 3.75. The third-order valence-corrected chi connectivity index (χ3v) is 2.73. The van der Waals surface area contributed by atoms with Crippen molar-refractivity contribution >= 4 is 5.69 Å². The molecule has 0 amide bonds. The first-order valence-corrected chi connectivity index (χ1v) is 5.10. The van der Waals surface area contributed by atoms with Gasteiger partial charge in [0, 0.05) is 18.8 Å². The molecule has 0 N–H and O–H groups in total. The van der Waals surface area contributed by atoms with E-state index >= 15 is 0 Å². The van der Waals surface area contributed by atoms with Crippen LogP contribution in [0, 0.1) is 17.2 Å². The zero-order valence-electron chi connectivity index (χ0n) is 8.19. The van der Waals surface area contributed by atoms with Crippen molar-refractivity contribution in [3.05, 3.63) is 30.3 Å². The molecule has 0 saturated carbocycles. The summed E-state index contributed by atoms with van der Waals surface area (Å²) in [6.45, 7) is 1.97. The second-order valence-corrected chi connectivity index (χ2v) is 3.75. The molecule has 1 aromatic carbocycles. The van der Waals surface area contributed by atoms with Crippen LogP contribution in [-0.2, 0) is 0 Å². The molecule has 0 aromatic heterocycles. The summed E-state index contributed by atoms with van der Waals surface area (Å²) in [4.78, 5) is 2.30. The van der Waals surface area contributed by atoms with Gasteiger partial charge in [-0.1, -0.05) is 18.2 Å². The Morgan fingerprint density at radius 2 is 2.07 bits per heavy atom. The fourth-order valence-corrected chi connectivity index (χ4v) is 1.96. The number of nitriles is 1. The van der Waals surface area contributed by atoms with Crippen molar-refractivity contribution in [3.63, 3.8) is 0 Å². The first kappa shape index (κ1) is 9.08. The number of hydrogen-bond acceptors (Lipinski definition) is 2. The average Bonchev–Trinajstić information content (AvgIpc) is 2.30. The minimum absolute atomic E-state index is 0.212. The fourth-order valence-electron chi connectivity index (χ4n) is 1.96. The third kappa shape index (κ3) is 1.88. The van der Waals surface area contributed by atoms with E-state index in [9.17, 15) is 0 Å². The lowest BCUT2D eigenvalue weighted by Gasteiger charge is -2.31. The van der Waals surface area contributed by atoms with Gasteiger partial charge in [0.1, 0.15) is 0 Å². The number of anilines is 1. The molecule has 0 aliphatic carbocycles. The van der Waals surface area contributed by atoms with E-state index in [1.54, 1.807) is 0 Å². The van der Waals surface area contributed by atoms with Crippen LogP contribution in [-0.4, -0.2) is 13.1 Å². The minimum Gasteiger partial charge on any atom is -0.370 e. The van der Waals surface area contributed by atoms with E-state index in [4.69, 9.17) is 5.26 Å². The molecular formula is C12H14N2. The number of rotatable bonds is 1. The Balaban J connectivity index is 2.09. The fraction of sp³-hybridized carbons (Fsp3) is 0.417. The normalized spacial score (nSPS) is 21.6. The van der Waals surface area contributed by atoms with Crippen LogP contribution < -0.4 is 4.90 Å². The van der Waals surface area contributed by atoms with Gasteiger partial charge in [-0.25, -0.2) is 0 Å². The van der Waals surface area contributed by atoms with Crippen LogP contribution in [0.15, 0.2) is 30.3 Å². The van der Waals surface area contributed by atoms with Crippen LogP contribution in [0.1, 0.15) is 12.8 Å². The molecule has 1 aliphatic rings. The number of benzene rings is 1. The highest BCUT2D eigenvalue weighted by molar-refractivity contribution is 5.46. The van der Waals surface area contributed by atoms with Crippen LogP contribution in [0.4, 0.5) is 5.69 Å². The van der Waals surface area contributed by atoms with Gasteiger partial charge < -0.3 is 4.90 Å². The first-order chi connectivity index (χ1) is 6.90. The van der Waals surface area contributed by atoms with Crippen molar-refractivity contribution in [3.8, 4) is 6.07 Å². The first-order valence-electron chi connectivity index (χ1n) is 5.10. The topological polar surface area (TPSA) is 27.0 Å². The highest BCUT2D eigenvalue weighted by atomic mass is 15.1. The van der Waals surface area contributed by atoms with Gasteiger partial charge in [0.15, 0.2) is 0 Å². The molecule has 2 nitrogen and oxygen atoms in total. The molecule has 1 atom stereocenters. The maximum atomic E-state index is 8.88. The molecule has 2 heteroatoms. The van der Waals surface area contributed by atoms with Gasteiger partial charge in [-0.15, -0.1) is 0 Å². The van der Waals surface area contributed by atoms with Crippen LogP contribution >= 0.6 is 0 Å². The van der Waals surface area contributed by atoms with Gasteiger partial charge in [0.2, 0.25) is 0 Å². The molecular weight excluding hydrogens is 172 g/mol. The number of hydrogen-bond donors (Lipinski definition) is 0. The molecule has 1 aromatic rings. The lowest BCUT2D eigenvalue weighted by atomic mass is 9.99. The van der Waals surface area contributed by atoms with Crippen LogP contribution in [0.5, 0.6) is 0 Å². The second kappa shape index (κ2) is 4.15. The van der Waals surface area contributed by atoms with Crippen molar-refractivity contribution in [2.24, 2.45) is 5.92 Å². The van der Waals surface area contributed by atoms with E-state index in [1.807, 2.05) is 18.2 Å². The standard InChI is InChI=1S/C12H14N2/c13-9-11-5-4-8-14(10-11)12-6-2-1-3-7-12/h1-3,6-7,11H,4-5,8,10H2/t11-/m0/s1. The number of para-hydroxylation sites is 1. The maximum Gasteiger partial charge on any atom is 0.0674 e. The van der Waals surface area contributed by atoms with Crippen molar-refractivity contribution in [2.75, 3.05) is 18.0 Å². The predicted octanol–water partition coefficient (Wildman–Crippen LogP) is 2.43. The Morgan fingerprint density at radius 1 is 1.29 bits per heavy atom. The summed E-state index contributed by atoms with van der Waals surface area (Å²) in [6, 6.07) is 12.7. The molecule has 1 aliphatic heterocycles. The SMILES string of the molecule is N#C[C@@H]1CCCN(c2ccccc2)C1. The molecule has 0 unspecified atom stereocenters. The predicted molar refractivity (Wildman–Crippen MR) is 57.0 cm³/mol. The Labute approximate surface area is 84.8 Å². The van der Waals surface area contributed by atoms with Crippen molar-refractivity contribution in [1.29, 1.82) is 5.26 Å². The summed E-state index contributed by atoms with van der Waals surface area (Å²) >= 11 is 0. The molecule has 14 heavy (non-hydrogen) atoms. The van der Waals surface area contributed by atoms with Crippen LogP contribution in [0.25, 0.3) is 0 Å². The molecule has 1 saturated heterocycles. The van der Waals surface area contributed by atoms with Crippen LogP contribution in [0.2, 0.25) is 0 Å². The van der Waals surface area contributed by atoms with Gasteiger partial charge in [-0.2, -0.15) is 5.26 Å². The minimum atomic E-state index is 0.212. The van der Waals surface area contributed by atoms with E-state index in [1.165, 1.54) is 5.69 Å². The highest BCUT2D eigenvalue weighted by Gasteiger charge is 2.19. The highest BCUT2D eigenvalue weighted by Crippen LogP contribution is 2.22. The molecule has 2 rings (SSSR count). The lowest BCUT2D eigenvalue weighted by Crippen LogP contribution is -2.34. The summed E-state index contributed by atoms with van der Waals surface area (Å²) in [6.07, 6.45) is 2.19. The zero-order chi connectivity index (χ0) is 9.80. The largest absolute Gasteiger partial charge is 0.370 e. The molecule has 1 heterocycles. The van der Waals surface area contributed by atoms with Gasteiger partial charge >= 0.3 is 0 Å². The molecule has 1 fully saturated rings. The van der Waals surface area contributed by atoms with Crippen LogP contribution in [0.3, 0.4) is 0 Å². The number of nitrogens with zero attached hydrogens (tertiary/aromatic N) is 2. The van der Waals surface area contributed by atoms with Gasteiger partial charge in [0.05, 0.1) is 12.0 Å². The Kier molecular flexibility index (Phi) is 2.69. The Morgan fingerprint density at radius 3 is 2.79 bits per heavy atom. The molecule has 0 radical (unpaired) electrons. The van der Waals surface area contributed by atoms with E-state index in [2.05, 4.69) is 23.1 Å². The number of piperidine rings is 1. The Bertz CT molecular complexity index is 326. The van der Waals surface area contributed by atoms with E-state index in [-0.39, 0.29) is 5.92 Å². The molecule has 0 spiro atoms. The monoisotopic (exact) mass is 186 g/mol. The molecule has 72 valence electrons. The van der Waals surface area contributed by atoms with E-state index < -0.39 is 0 Å². The van der Waals surface area contributed by atoms with Gasteiger partial charge in [0.25, 0.3) is 0 Å². The quantitative estimate of drug-likeness (QED) is 0.673. The molecule has 0 bridgehead atoms. The van der Waals surface area contributed by atoms with Gasteiger partial charge in [-0.3, -0.25) is 0 Å². The summed E-state index contributed by atoms with van der Waals surface area (Å²) in [5, 5.41) is 8.88.